The van der Waals surface area contributed by atoms with Gasteiger partial charge in [-0.25, -0.2) is 8.42 Å². The highest BCUT2D eigenvalue weighted by Gasteiger charge is 2.32. The summed E-state index contributed by atoms with van der Waals surface area (Å²) in [7, 11) is -3.66. The SMILES string of the molecule is CS(=O)(=O)c1ccc2c(O)n(CC(F)(F)F)c(CC(=O)N=C(N)N)c2c1. The monoisotopic (exact) mass is 392 g/mol. The fraction of sp³-hybridized carbons (Fsp3) is 0.286. The molecule has 142 valence electrons. The van der Waals surface area contributed by atoms with Crippen LogP contribution < -0.4 is 11.5 Å². The molecule has 1 aromatic carbocycles. The molecule has 0 bridgehead atoms. The molecule has 0 aliphatic heterocycles. The van der Waals surface area contributed by atoms with Gasteiger partial charge in [-0.05, 0) is 18.2 Å². The molecule has 0 radical (unpaired) electrons. The Morgan fingerprint density at radius 3 is 2.38 bits per heavy atom. The molecule has 12 heteroatoms. The van der Waals surface area contributed by atoms with Crippen molar-refractivity contribution in [3.8, 4) is 5.88 Å². The van der Waals surface area contributed by atoms with Crippen molar-refractivity contribution in [2.45, 2.75) is 24.0 Å². The number of hydrogen-bond donors (Lipinski definition) is 3. The second-order valence-corrected chi connectivity index (χ2v) is 7.57. The van der Waals surface area contributed by atoms with Gasteiger partial charge in [0.1, 0.15) is 6.54 Å². The topological polar surface area (TPSA) is 141 Å². The Morgan fingerprint density at radius 1 is 1.27 bits per heavy atom. The first-order valence-corrected chi connectivity index (χ1v) is 8.92. The van der Waals surface area contributed by atoms with Crippen molar-refractivity contribution in [3.63, 3.8) is 0 Å². The molecule has 26 heavy (non-hydrogen) atoms. The molecule has 0 atom stereocenters. The molecule has 5 N–H and O–H groups in total. The van der Waals surface area contributed by atoms with E-state index >= 15 is 0 Å². The van der Waals surface area contributed by atoms with Crippen molar-refractivity contribution >= 4 is 32.5 Å². The summed E-state index contributed by atoms with van der Waals surface area (Å²) >= 11 is 0. The van der Waals surface area contributed by atoms with Crippen LogP contribution in [-0.4, -0.2) is 42.4 Å². The number of nitrogens with two attached hydrogens (primary N) is 2. The Balaban J connectivity index is 2.74. The second-order valence-electron chi connectivity index (χ2n) is 5.56. The molecular weight excluding hydrogens is 377 g/mol. The summed E-state index contributed by atoms with van der Waals surface area (Å²) < 4.78 is 62.5. The van der Waals surface area contributed by atoms with E-state index in [9.17, 15) is 31.5 Å². The van der Waals surface area contributed by atoms with Crippen LogP contribution in [-0.2, 0) is 27.6 Å². The van der Waals surface area contributed by atoms with Crippen LogP contribution in [0.3, 0.4) is 0 Å². The lowest BCUT2D eigenvalue weighted by molar-refractivity contribution is -0.142. The van der Waals surface area contributed by atoms with Crippen LogP contribution in [0.25, 0.3) is 10.8 Å². The number of hydrogen-bond acceptors (Lipinski definition) is 4. The number of aromatic nitrogens is 1. The van der Waals surface area contributed by atoms with Crippen LogP contribution in [0.1, 0.15) is 5.69 Å². The number of amides is 1. The highest BCUT2D eigenvalue weighted by molar-refractivity contribution is 7.90. The molecule has 0 aliphatic carbocycles. The summed E-state index contributed by atoms with van der Waals surface area (Å²) in [6.07, 6.45) is -4.44. The third-order valence-corrected chi connectivity index (χ3v) is 4.57. The number of sulfone groups is 1. The van der Waals surface area contributed by atoms with Crippen molar-refractivity contribution in [2.24, 2.45) is 16.5 Å². The molecule has 0 fully saturated rings. The largest absolute Gasteiger partial charge is 0.494 e. The Bertz CT molecular complexity index is 1010. The van der Waals surface area contributed by atoms with Crippen molar-refractivity contribution in [1.29, 1.82) is 0 Å². The first-order chi connectivity index (χ1) is 11.8. The number of carbonyl (C=O) groups excluding carboxylic acids is 1. The van der Waals surface area contributed by atoms with Gasteiger partial charge in [-0.2, -0.15) is 18.2 Å². The van der Waals surface area contributed by atoms with Crippen molar-refractivity contribution in [1.82, 2.24) is 4.57 Å². The van der Waals surface area contributed by atoms with Crippen LogP contribution in [0.5, 0.6) is 5.88 Å². The Kier molecular flexibility index (Phi) is 4.90. The van der Waals surface area contributed by atoms with Crippen molar-refractivity contribution in [2.75, 3.05) is 6.26 Å². The number of alkyl halides is 3. The van der Waals surface area contributed by atoms with E-state index in [-0.39, 0.29) is 21.4 Å². The van der Waals surface area contributed by atoms with Gasteiger partial charge in [-0.15, -0.1) is 0 Å². The first kappa shape index (κ1) is 19.6. The Hall–Kier alpha value is -2.76. The molecule has 0 saturated carbocycles. The predicted octanol–water partition coefficient (Wildman–Crippen LogP) is 0.655. The summed E-state index contributed by atoms with van der Waals surface area (Å²) in [5.41, 5.74) is 9.90. The number of guanidine groups is 1. The minimum atomic E-state index is -4.69. The van der Waals surface area contributed by atoms with Gasteiger partial charge < -0.3 is 21.1 Å². The van der Waals surface area contributed by atoms with Crippen molar-refractivity contribution in [3.05, 3.63) is 23.9 Å². The minimum absolute atomic E-state index is 0.0196. The zero-order chi connectivity index (χ0) is 19.9. The van der Waals surface area contributed by atoms with E-state index < -0.39 is 46.7 Å². The number of aromatic hydroxyl groups is 1. The molecule has 0 spiro atoms. The van der Waals surface area contributed by atoms with E-state index in [0.717, 1.165) is 18.4 Å². The molecular formula is C14H15F3N4O4S. The molecule has 0 saturated heterocycles. The molecule has 2 rings (SSSR count). The van der Waals surface area contributed by atoms with Gasteiger partial charge >= 0.3 is 6.18 Å². The van der Waals surface area contributed by atoms with Gasteiger partial charge in [0.2, 0.25) is 0 Å². The highest BCUT2D eigenvalue weighted by Crippen LogP contribution is 2.36. The summed E-state index contributed by atoms with van der Waals surface area (Å²) in [6, 6.07) is 3.41. The highest BCUT2D eigenvalue weighted by atomic mass is 32.2. The number of carbonyl (C=O) groups is 1. The lowest BCUT2D eigenvalue weighted by Gasteiger charge is -2.12. The molecule has 8 nitrogen and oxygen atoms in total. The first-order valence-electron chi connectivity index (χ1n) is 7.03. The maximum atomic E-state index is 12.9. The maximum Gasteiger partial charge on any atom is 0.406 e. The third-order valence-electron chi connectivity index (χ3n) is 3.46. The predicted molar refractivity (Wildman–Crippen MR) is 87.3 cm³/mol. The van der Waals surface area contributed by atoms with Crippen molar-refractivity contribution < 1.29 is 31.5 Å². The lowest BCUT2D eigenvalue weighted by atomic mass is 10.1. The average Bonchev–Trinajstić information content (AvgIpc) is 2.69. The smallest absolute Gasteiger partial charge is 0.406 e. The lowest BCUT2D eigenvalue weighted by Crippen LogP contribution is -2.25. The van der Waals surface area contributed by atoms with Crippen LogP contribution in [0.2, 0.25) is 0 Å². The number of aliphatic imine (C=N–C) groups is 1. The second kappa shape index (κ2) is 6.52. The molecule has 0 aliphatic rings. The molecule has 1 heterocycles. The number of halogens is 3. The molecule has 1 aromatic heterocycles. The standard InChI is InChI=1S/C14H15F3N4O4S/c1-26(24,25)7-2-3-8-9(4-7)10(5-11(22)20-13(18)19)21(12(8)23)6-14(15,16)17/h2-4,23H,5-6H2,1H3,(H4,18,19,20,22). The third kappa shape index (κ3) is 4.25. The van der Waals surface area contributed by atoms with Gasteiger partial charge in [0.05, 0.1) is 11.3 Å². The zero-order valence-electron chi connectivity index (χ0n) is 13.4. The van der Waals surface area contributed by atoms with E-state index in [4.69, 9.17) is 11.5 Å². The average molecular weight is 392 g/mol. The van der Waals surface area contributed by atoms with Crippen LogP contribution in [0.15, 0.2) is 28.1 Å². The molecule has 1 amide bonds. The van der Waals surface area contributed by atoms with Gasteiger partial charge in [-0.1, -0.05) is 0 Å². The molecule has 2 aromatic rings. The zero-order valence-corrected chi connectivity index (χ0v) is 14.2. The number of nitrogens with zero attached hydrogens (tertiary/aromatic N) is 2. The van der Waals surface area contributed by atoms with E-state index in [1.165, 1.54) is 6.07 Å². The number of rotatable bonds is 4. The van der Waals surface area contributed by atoms with Crippen LogP contribution >= 0.6 is 0 Å². The van der Waals surface area contributed by atoms with E-state index in [1.54, 1.807) is 0 Å². The molecule has 0 unspecified atom stereocenters. The van der Waals surface area contributed by atoms with Gasteiger partial charge in [0.15, 0.2) is 21.7 Å². The fourth-order valence-electron chi connectivity index (χ4n) is 2.47. The van der Waals surface area contributed by atoms with E-state index in [0.29, 0.717) is 4.57 Å². The van der Waals surface area contributed by atoms with Crippen LogP contribution in [0.4, 0.5) is 13.2 Å². The fourth-order valence-corrected chi connectivity index (χ4v) is 3.12. The van der Waals surface area contributed by atoms with Crippen LogP contribution in [0, 0.1) is 0 Å². The summed E-state index contributed by atoms with van der Waals surface area (Å²) in [4.78, 5) is 14.9. The Labute approximate surface area is 145 Å². The summed E-state index contributed by atoms with van der Waals surface area (Å²) in [5.74, 6) is -2.27. The minimum Gasteiger partial charge on any atom is -0.494 e. The van der Waals surface area contributed by atoms with Gasteiger partial charge in [0, 0.05) is 22.7 Å². The van der Waals surface area contributed by atoms with Gasteiger partial charge in [0.25, 0.3) is 5.91 Å². The van der Waals surface area contributed by atoms with Gasteiger partial charge in [-0.3, -0.25) is 4.79 Å². The quantitative estimate of drug-likeness (QED) is 0.516. The number of fused-ring (bicyclic) bond motifs is 1. The number of benzene rings is 1. The summed E-state index contributed by atoms with van der Waals surface area (Å²) in [5, 5.41) is 10.1. The normalized spacial score (nSPS) is 12.3. The maximum absolute atomic E-state index is 12.9. The summed E-state index contributed by atoms with van der Waals surface area (Å²) in [6.45, 7) is -1.58. The van der Waals surface area contributed by atoms with E-state index in [2.05, 4.69) is 4.99 Å². The van der Waals surface area contributed by atoms with E-state index in [1.807, 2.05) is 0 Å². The Morgan fingerprint density at radius 2 is 1.88 bits per heavy atom.